The number of pyridine rings is 1. The molecule has 4 nitrogen and oxygen atoms in total. The molecule has 6 heteroatoms. The molecule has 0 fully saturated rings. The highest BCUT2D eigenvalue weighted by Gasteiger charge is 2.12. The van der Waals surface area contributed by atoms with E-state index in [2.05, 4.69) is 21.2 Å². The van der Waals surface area contributed by atoms with Gasteiger partial charge in [0.1, 0.15) is 0 Å². The maximum atomic E-state index is 12.9. The van der Waals surface area contributed by atoms with Crippen LogP contribution in [0.1, 0.15) is 27.0 Å². The van der Waals surface area contributed by atoms with Gasteiger partial charge in [0, 0.05) is 39.7 Å². The molecule has 0 bridgehead atoms. The highest BCUT2D eigenvalue weighted by molar-refractivity contribution is 7.93. The van der Waals surface area contributed by atoms with Gasteiger partial charge in [-0.1, -0.05) is 47.7 Å². The minimum Gasteiger partial charge on any atom is -0.266 e. The summed E-state index contributed by atoms with van der Waals surface area (Å²) in [7, 11) is -2.93. The molecule has 2 aromatic carbocycles. The average Bonchev–Trinajstić information content (AvgIpc) is 2.67. The van der Waals surface area contributed by atoms with Gasteiger partial charge in [0.2, 0.25) is 0 Å². The van der Waals surface area contributed by atoms with Crippen molar-refractivity contribution in [1.82, 2.24) is 4.98 Å². The number of hydrogen-bond acceptors (Lipinski definition) is 3. The van der Waals surface area contributed by atoms with Gasteiger partial charge in [0.25, 0.3) is 5.91 Å². The Balaban J connectivity index is 1.91. The van der Waals surface area contributed by atoms with E-state index in [0.717, 1.165) is 11.1 Å². The van der Waals surface area contributed by atoms with E-state index in [1.165, 1.54) is 12.5 Å². The first kappa shape index (κ1) is 19.8. The number of amides is 1. The molecular formula is C22H17ClN2O2S. The van der Waals surface area contributed by atoms with Crippen LogP contribution < -0.4 is 0 Å². The number of hydrogen-bond donors (Lipinski definition) is 0. The van der Waals surface area contributed by atoms with Gasteiger partial charge in [0.15, 0.2) is 0 Å². The third-order valence-electron chi connectivity index (χ3n) is 3.96. The summed E-state index contributed by atoms with van der Waals surface area (Å²) in [5.74, 6) is 5.46. The van der Waals surface area contributed by atoms with Gasteiger partial charge in [-0.05, 0) is 42.8 Å². The van der Waals surface area contributed by atoms with Crippen LogP contribution in [-0.2, 0) is 9.73 Å². The molecule has 0 N–H and O–H groups in total. The Bertz CT molecular complexity index is 1230. The zero-order chi connectivity index (χ0) is 20.1. The lowest BCUT2D eigenvalue weighted by Gasteiger charge is -2.04. The van der Waals surface area contributed by atoms with Crippen molar-refractivity contribution in [1.29, 1.82) is 0 Å². The molecule has 0 radical (unpaired) electrons. The summed E-state index contributed by atoms with van der Waals surface area (Å²) in [5, 5.41) is 0.435. The van der Waals surface area contributed by atoms with Gasteiger partial charge in [-0.25, -0.2) is 4.21 Å². The summed E-state index contributed by atoms with van der Waals surface area (Å²) in [6, 6.07) is 15.9. The second kappa shape index (κ2) is 8.39. The van der Waals surface area contributed by atoms with Gasteiger partial charge in [-0.15, -0.1) is 0 Å². The smallest absolute Gasteiger partial charge is 0.266 e. The summed E-state index contributed by atoms with van der Waals surface area (Å²) in [6.45, 7) is 1.98. The summed E-state index contributed by atoms with van der Waals surface area (Å²) >= 11 is 5.94. The van der Waals surface area contributed by atoms with E-state index in [0.29, 0.717) is 15.5 Å². The number of carbonyl (C=O) groups is 1. The van der Waals surface area contributed by atoms with E-state index in [1.54, 1.807) is 36.5 Å². The van der Waals surface area contributed by atoms with Crippen molar-refractivity contribution in [3.05, 3.63) is 94.3 Å². The van der Waals surface area contributed by atoms with E-state index in [9.17, 15) is 9.00 Å². The van der Waals surface area contributed by atoms with Crippen molar-refractivity contribution in [2.75, 3.05) is 6.26 Å². The maximum absolute atomic E-state index is 12.9. The lowest BCUT2D eigenvalue weighted by atomic mass is 10.1. The molecule has 140 valence electrons. The van der Waals surface area contributed by atoms with Crippen molar-refractivity contribution in [3.8, 4) is 11.8 Å². The van der Waals surface area contributed by atoms with Gasteiger partial charge < -0.3 is 0 Å². The SMILES string of the molecule is Cc1ccccc1C#Cc1cncc(C(=O)N=S(C)(=O)c2cccc(Cl)c2)c1. The minimum absolute atomic E-state index is 0.230. The zero-order valence-electron chi connectivity index (χ0n) is 15.3. The fourth-order valence-electron chi connectivity index (χ4n) is 2.44. The molecule has 28 heavy (non-hydrogen) atoms. The Labute approximate surface area is 169 Å². The standard InChI is InChI=1S/C22H17ClN2O2S/c1-16-6-3-4-7-18(16)11-10-17-12-19(15-24-14-17)22(26)25-28(2,27)21-9-5-8-20(23)13-21/h3-9,12-15H,1-2H3. The van der Waals surface area contributed by atoms with Crippen LogP contribution in [0.15, 0.2) is 76.2 Å². The molecular weight excluding hydrogens is 392 g/mol. The van der Waals surface area contributed by atoms with Crippen molar-refractivity contribution in [2.24, 2.45) is 4.36 Å². The Morgan fingerprint density at radius 3 is 2.61 bits per heavy atom. The number of benzene rings is 2. The summed E-state index contributed by atoms with van der Waals surface area (Å²) in [5.41, 5.74) is 2.78. The quantitative estimate of drug-likeness (QED) is 0.575. The Kier molecular flexibility index (Phi) is 5.93. The fraction of sp³-hybridized carbons (Fsp3) is 0.0909. The monoisotopic (exact) mass is 408 g/mol. The van der Waals surface area contributed by atoms with E-state index in [-0.39, 0.29) is 5.56 Å². The molecule has 1 amide bonds. The van der Waals surface area contributed by atoms with E-state index in [4.69, 9.17) is 11.6 Å². The predicted octanol–water partition coefficient (Wildman–Crippen LogP) is 4.74. The van der Waals surface area contributed by atoms with Crippen LogP contribution in [0, 0.1) is 18.8 Å². The minimum atomic E-state index is -2.93. The topological polar surface area (TPSA) is 59.4 Å². The first-order valence-corrected chi connectivity index (χ1v) is 10.7. The average molecular weight is 409 g/mol. The molecule has 1 atom stereocenters. The molecule has 0 aliphatic carbocycles. The van der Waals surface area contributed by atoms with Gasteiger partial charge >= 0.3 is 0 Å². The number of carbonyl (C=O) groups excluding carboxylic acids is 1. The second-order valence-electron chi connectivity index (χ2n) is 6.18. The van der Waals surface area contributed by atoms with Crippen molar-refractivity contribution >= 4 is 27.2 Å². The summed E-state index contributed by atoms with van der Waals surface area (Å²) in [6.07, 6.45) is 4.37. The third kappa shape index (κ3) is 4.86. The Morgan fingerprint density at radius 1 is 1.07 bits per heavy atom. The highest BCUT2D eigenvalue weighted by atomic mass is 35.5. The molecule has 3 aromatic rings. The first-order valence-electron chi connectivity index (χ1n) is 8.40. The number of halogens is 1. The second-order valence-corrected chi connectivity index (χ2v) is 8.88. The maximum Gasteiger partial charge on any atom is 0.286 e. The zero-order valence-corrected chi connectivity index (χ0v) is 16.9. The molecule has 0 saturated heterocycles. The number of aromatic nitrogens is 1. The lowest BCUT2D eigenvalue weighted by molar-refractivity contribution is 0.100. The Morgan fingerprint density at radius 2 is 1.86 bits per heavy atom. The number of aryl methyl sites for hydroxylation is 1. The fourth-order valence-corrected chi connectivity index (χ4v) is 3.90. The normalized spacial score (nSPS) is 12.4. The molecule has 0 spiro atoms. The van der Waals surface area contributed by atoms with E-state index >= 15 is 0 Å². The highest BCUT2D eigenvalue weighted by Crippen LogP contribution is 2.18. The van der Waals surface area contributed by atoms with E-state index < -0.39 is 15.6 Å². The van der Waals surface area contributed by atoms with Crippen LogP contribution >= 0.6 is 11.6 Å². The van der Waals surface area contributed by atoms with Crippen molar-refractivity contribution in [3.63, 3.8) is 0 Å². The largest absolute Gasteiger partial charge is 0.286 e. The van der Waals surface area contributed by atoms with Crippen LogP contribution in [0.2, 0.25) is 5.02 Å². The van der Waals surface area contributed by atoms with E-state index in [1.807, 2.05) is 31.2 Å². The van der Waals surface area contributed by atoms with Crippen LogP contribution in [-0.4, -0.2) is 21.4 Å². The van der Waals surface area contributed by atoms with Crippen LogP contribution in [0.5, 0.6) is 0 Å². The molecule has 1 heterocycles. The van der Waals surface area contributed by atoms with Crippen molar-refractivity contribution < 1.29 is 9.00 Å². The molecule has 1 aromatic heterocycles. The van der Waals surface area contributed by atoms with Crippen LogP contribution in [0.25, 0.3) is 0 Å². The number of rotatable bonds is 2. The van der Waals surface area contributed by atoms with Crippen LogP contribution in [0.3, 0.4) is 0 Å². The van der Waals surface area contributed by atoms with Gasteiger partial charge in [0.05, 0.1) is 15.3 Å². The Hall–Kier alpha value is -2.94. The van der Waals surface area contributed by atoms with Crippen molar-refractivity contribution in [2.45, 2.75) is 11.8 Å². The molecule has 0 aliphatic rings. The first-order chi connectivity index (χ1) is 13.3. The van der Waals surface area contributed by atoms with Crippen LogP contribution in [0.4, 0.5) is 0 Å². The molecule has 1 unspecified atom stereocenters. The number of nitrogens with zero attached hydrogens (tertiary/aromatic N) is 2. The molecule has 3 rings (SSSR count). The summed E-state index contributed by atoms with van der Waals surface area (Å²) < 4.78 is 16.8. The summed E-state index contributed by atoms with van der Waals surface area (Å²) in [4.78, 5) is 17.0. The molecule has 0 aliphatic heterocycles. The predicted molar refractivity (Wildman–Crippen MR) is 112 cm³/mol. The third-order valence-corrected chi connectivity index (χ3v) is 5.84. The molecule has 0 saturated carbocycles. The lowest BCUT2D eigenvalue weighted by Crippen LogP contribution is -2.04. The van der Waals surface area contributed by atoms with Gasteiger partial charge in [-0.3, -0.25) is 9.78 Å². The van der Waals surface area contributed by atoms with Gasteiger partial charge in [-0.2, -0.15) is 4.36 Å².